The molecule has 1 aromatic rings. The monoisotopic (exact) mass is 373 g/mol. The summed E-state index contributed by atoms with van der Waals surface area (Å²) in [6, 6.07) is 4.16. The topological polar surface area (TPSA) is 61.9 Å². The molecule has 0 spiro atoms. The molecule has 0 unspecified atom stereocenters. The molecule has 0 aromatic heterocycles. The van der Waals surface area contributed by atoms with Crippen molar-refractivity contribution in [3.63, 3.8) is 0 Å². The van der Waals surface area contributed by atoms with Crippen LogP contribution in [0.3, 0.4) is 0 Å². The molecule has 0 bridgehead atoms. The van der Waals surface area contributed by atoms with Gasteiger partial charge in [0.1, 0.15) is 5.75 Å². The van der Waals surface area contributed by atoms with Crippen LogP contribution in [0.5, 0.6) is 5.75 Å². The summed E-state index contributed by atoms with van der Waals surface area (Å²) in [5.41, 5.74) is 2.78. The third kappa shape index (κ3) is 4.54. The number of nitrogens with zero attached hydrogens (tertiary/aromatic N) is 2. The van der Waals surface area contributed by atoms with Gasteiger partial charge < -0.3 is 19.9 Å². The normalized spacial score (nSPS) is 18.3. The molecule has 2 aliphatic rings. The van der Waals surface area contributed by atoms with Gasteiger partial charge in [-0.15, -0.1) is 0 Å². The van der Waals surface area contributed by atoms with Crippen LogP contribution in [0.4, 0.5) is 4.79 Å². The highest BCUT2D eigenvalue weighted by molar-refractivity contribution is 5.97. The summed E-state index contributed by atoms with van der Waals surface area (Å²) >= 11 is 0. The van der Waals surface area contributed by atoms with E-state index in [2.05, 4.69) is 5.32 Å². The second kappa shape index (κ2) is 8.63. The van der Waals surface area contributed by atoms with E-state index in [0.717, 1.165) is 30.4 Å². The standard InChI is InChI=1S/C21H31N3O3/c1-15-13-18(19(27-3)14-16(15)2)20(25)23-9-6-10-24(12-11-23)21(26)22-17-7-4-5-8-17/h13-14,17H,4-12H2,1-3H3,(H,22,26). The Bertz CT molecular complexity index is 698. The first-order valence-electron chi connectivity index (χ1n) is 9.99. The number of hydrogen-bond acceptors (Lipinski definition) is 3. The van der Waals surface area contributed by atoms with Gasteiger partial charge in [-0.3, -0.25) is 4.79 Å². The summed E-state index contributed by atoms with van der Waals surface area (Å²) < 4.78 is 5.44. The van der Waals surface area contributed by atoms with Crippen molar-refractivity contribution in [2.45, 2.75) is 52.0 Å². The van der Waals surface area contributed by atoms with Crippen LogP contribution in [0.1, 0.15) is 53.6 Å². The molecule has 1 saturated heterocycles. The number of aryl methyl sites for hydroxylation is 2. The lowest BCUT2D eigenvalue weighted by molar-refractivity contribution is 0.0758. The number of amides is 3. The first-order chi connectivity index (χ1) is 13.0. The molecule has 1 heterocycles. The third-order valence-corrected chi connectivity index (χ3v) is 5.80. The van der Waals surface area contributed by atoms with Crippen molar-refractivity contribution in [1.29, 1.82) is 0 Å². The second-order valence-electron chi connectivity index (χ2n) is 7.70. The number of ether oxygens (including phenoxy) is 1. The lowest BCUT2D eigenvalue weighted by atomic mass is 10.0. The van der Waals surface area contributed by atoms with Crippen molar-refractivity contribution in [3.8, 4) is 5.75 Å². The zero-order chi connectivity index (χ0) is 19.4. The Labute approximate surface area is 161 Å². The van der Waals surface area contributed by atoms with Crippen molar-refractivity contribution >= 4 is 11.9 Å². The number of hydrogen-bond donors (Lipinski definition) is 1. The van der Waals surface area contributed by atoms with Gasteiger partial charge in [0, 0.05) is 32.2 Å². The van der Waals surface area contributed by atoms with Crippen LogP contribution in [-0.2, 0) is 0 Å². The Kier molecular flexibility index (Phi) is 6.24. The average Bonchev–Trinajstić information content (AvgIpc) is 3.04. The van der Waals surface area contributed by atoms with Crippen LogP contribution in [0, 0.1) is 13.8 Å². The van der Waals surface area contributed by atoms with E-state index in [1.165, 1.54) is 12.8 Å². The number of nitrogens with one attached hydrogen (secondary N) is 1. The molecule has 6 heteroatoms. The smallest absolute Gasteiger partial charge is 0.317 e. The van der Waals surface area contributed by atoms with Crippen molar-refractivity contribution in [2.24, 2.45) is 0 Å². The highest BCUT2D eigenvalue weighted by Gasteiger charge is 2.26. The van der Waals surface area contributed by atoms with Crippen LogP contribution in [0.25, 0.3) is 0 Å². The van der Waals surface area contributed by atoms with Crippen LogP contribution in [-0.4, -0.2) is 61.1 Å². The molecule has 3 rings (SSSR count). The van der Waals surface area contributed by atoms with Gasteiger partial charge in [-0.1, -0.05) is 12.8 Å². The maximum atomic E-state index is 13.1. The quantitative estimate of drug-likeness (QED) is 0.886. The summed E-state index contributed by atoms with van der Waals surface area (Å²) in [6.07, 6.45) is 5.35. The molecule has 0 radical (unpaired) electrons. The molecular weight excluding hydrogens is 342 g/mol. The van der Waals surface area contributed by atoms with Gasteiger partial charge in [0.25, 0.3) is 5.91 Å². The first kappa shape index (κ1) is 19.5. The second-order valence-corrected chi connectivity index (χ2v) is 7.70. The number of benzene rings is 1. The van der Waals surface area contributed by atoms with E-state index in [-0.39, 0.29) is 11.9 Å². The molecule has 6 nitrogen and oxygen atoms in total. The first-order valence-corrected chi connectivity index (χ1v) is 9.99. The molecule has 2 fully saturated rings. The predicted molar refractivity (Wildman–Crippen MR) is 105 cm³/mol. The maximum Gasteiger partial charge on any atom is 0.317 e. The fourth-order valence-electron chi connectivity index (χ4n) is 3.96. The number of carbonyl (C=O) groups is 2. The zero-order valence-corrected chi connectivity index (χ0v) is 16.7. The fraction of sp³-hybridized carbons (Fsp3) is 0.619. The molecule has 3 amide bonds. The number of methoxy groups -OCH3 is 1. The summed E-state index contributed by atoms with van der Waals surface area (Å²) in [5, 5.41) is 3.15. The minimum absolute atomic E-state index is 0.0139. The van der Waals surface area contributed by atoms with Crippen molar-refractivity contribution in [3.05, 3.63) is 28.8 Å². The van der Waals surface area contributed by atoms with Gasteiger partial charge in [0.15, 0.2) is 0 Å². The summed E-state index contributed by atoms with van der Waals surface area (Å²) in [4.78, 5) is 29.3. The molecule has 1 aliphatic heterocycles. The average molecular weight is 373 g/mol. The predicted octanol–water partition coefficient (Wildman–Crippen LogP) is 3.11. The molecule has 1 saturated carbocycles. The molecule has 0 atom stereocenters. The molecule has 27 heavy (non-hydrogen) atoms. The van der Waals surface area contributed by atoms with E-state index in [0.29, 0.717) is 43.5 Å². The van der Waals surface area contributed by atoms with Crippen LogP contribution in [0.15, 0.2) is 12.1 Å². The van der Waals surface area contributed by atoms with E-state index in [9.17, 15) is 9.59 Å². The summed E-state index contributed by atoms with van der Waals surface area (Å²) in [5.74, 6) is 0.594. The van der Waals surface area contributed by atoms with Gasteiger partial charge in [0.2, 0.25) is 0 Å². The SMILES string of the molecule is COc1cc(C)c(C)cc1C(=O)N1CCCN(C(=O)NC2CCCC2)CC1. The van der Waals surface area contributed by atoms with Gasteiger partial charge in [-0.25, -0.2) is 4.79 Å². The Morgan fingerprint density at radius 1 is 0.963 bits per heavy atom. The molecule has 1 aromatic carbocycles. The highest BCUT2D eigenvalue weighted by Crippen LogP contribution is 2.25. The van der Waals surface area contributed by atoms with Crippen LogP contribution >= 0.6 is 0 Å². The van der Waals surface area contributed by atoms with E-state index < -0.39 is 0 Å². The number of carbonyl (C=O) groups excluding carboxylic acids is 2. The van der Waals surface area contributed by atoms with E-state index in [4.69, 9.17) is 4.74 Å². The minimum atomic E-state index is -0.0204. The third-order valence-electron chi connectivity index (χ3n) is 5.80. The Morgan fingerprint density at radius 2 is 1.59 bits per heavy atom. The van der Waals surface area contributed by atoms with E-state index in [1.807, 2.05) is 35.8 Å². The molecule has 1 N–H and O–H groups in total. The van der Waals surface area contributed by atoms with Crippen LogP contribution in [0.2, 0.25) is 0 Å². The van der Waals surface area contributed by atoms with Gasteiger partial charge in [-0.05, 0) is 56.4 Å². The van der Waals surface area contributed by atoms with E-state index >= 15 is 0 Å². The summed E-state index contributed by atoms with van der Waals surface area (Å²) in [7, 11) is 1.60. The Morgan fingerprint density at radius 3 is 2.30 bits per heavy atom. The Balaban J connectivity index is 1.64. The molecule has 148 valence electrons. The molecule has 1 aliphatic carbocycles. The highest BCUT2D eigenvalue weighted by atomic mass is 16.5. The Hall–Kier alpha value is -2.24. The largest absolute Gasteiger partial charge is 0.496 e. The minimum Gasteiger partial charge on any atom is -0.496 e. The van der Waals surface area contributed by atoms with E-state index in [1.54, 1.807) is 7.11 Å². The summed E-state index contributed by atoms with van der Waals surface area (Å²) in [6.45, 7) is 6.47. The van der Waals surface area contributed by atoms with Crippen molar-refractivity contribution < 1.29 is 14.3 Å². The lowest BCUT2D eigenvalue weighted by Crippen LogP contribution is -2.45. The lowest BCUT2D eigenvalue weighted by Gasteiger charge is -2.24. The number of rotatable bonds is 3. The maximum absolute atomic E-state index is 13.1. The zero-order valence-electron chi connectivity index (χ0n) is 16.7. The molecular formula is C21H31N3O3. The van der Waals surface area contributed by atoms with Crippen molar-refractivity contribution in [2.75, 3.05) is 33.3 Å². The fourth-order valence-corrected chi connectivity index (χ4v) is 3.96. The number of urea groups is 1. The van der Waals surface area contributed by atoms with Crippen LogP contribution < -0.4 is 10.1 Å². The van der Waals surface area contributed by atoms with Gasteiger partial charge in [0.05, 0.1) is 12.7 Å². The van der Waals surface area contributed by atoms with Gasteiger partial charge >= 0.3 is 6.03 Å². The van der Waals surface area contributed by atoms with Gasteiger partial charge in [-0.2, -0.15) is 0 Å². The van der Waals surface area contributed by atoms with Crippen molar-refractivity contribution in [1.82, 2.24) is 15.1 Å².